The molecule has 0 saturated heterocycles. The minimum atomic E-state index is -0.632. The van der Waals surface area contributed by atoms with E-state index in [-0.39, 0.29) is 6.79 Å². The molecule has 0 bridgehead atoms. The fourth-order valence-corrected chi connectivity index (χ4v) is 0.164. The van der Waals surface area contributed by atoms with Crippen LogP contribution in [0.2, 0.25) is 0 Å². The van der Waals surface area contributed by atoms with Crippen LogP contribution in [0.15, 0.2) is 12.7 Å². The predicted molar refractivity (Wildman–Crippen MR) is 29.2 cm³/mol. The molecule has 0 heterocycles. The van der Waals surface area contributed by atoms with Crippen LogP contribution in [0.1, 0.15) is 0 Å². The zero-order valence-corrected chi connectivity index (χ0v) is 5.12. The minimum absolute atomic E-state index is 0.0699. The lowest BCUT2D eigenvalue weighted by molar-refractivity contribution is -0.302. The largest absolute Gasteiger partial charge is 0.365 e. The van der Waals surface area contributed by atoms with Gasteiger partial charge in [0.1, 0.15) is 0 Å². The standard InChI is InChI=1S/C5H8O4/c1-3-5(6)9-8-4-7-2/h3H,1,4H2,2H3. The maximum absolute atomic E-state index is 10.2. The highest BCUT2D eigenvalue weighted by atomic mass is 17.2. The maximum atomic E-state index is 10.2. The average Bonchev–Trinajstić information content (AvgIpc) is 1.89. The van der Waals surface area contributed by atoms with E-state index in [4.69, 9.17) is 0 Å². The summed E-state index contributed by atoms with van der Waals surface area (Å²) >= 11 is 0. The summed E-state index contributed by atoms with van der Waals surface area (Å²) in [5.41, 5.74) is 0. The number of methoxy groups -OCH3 is 1. The van der Waals surface area contributed by atoms with E-state index >= 15 is 0 Å². The van der Waals surface area contributed by atoms with E-state index in [1.165, 1.54) is 7.11 Å². The third-order valence-corrected chi connectivity index (χ3v) is 0.474. The molecular weight excluding hydrogens is 124 g/mol. The molecule has 0 unspecified atom stereocenters. The Labute approximate surface area is 52.9 Å². The van der Waals surface area contributed by atoms with Crippen molar-refractivity contribution in [2.75, 3.05) is 13.9 Å². The Morgan fingerprint density at radius 2 is 2.44 bits per heavy atom. The molecule has 52 valence electrons. The molecule has 0 aromatic heterocycles. The Hall–Kier alpha value is -0.870. The van der Waals surface area contributed by atoms with Gasteiger partial charge in [0.05, 0.1) is 0 Å². The van der Waals surface area contributed by atoms with E-state index in [2.05, 4.69) is 21.1 Å². The van der Waals surface area contributed by atoms with Gasteiger partial charge in [-0.1, -0.05) is 6.58 Å². The molecule has 0 spiro atoms. The Morgan fingerprint density at radius 3 is 2.89 bits per heavy atom. The van der Waals surface area contributed by atoms with Gasteiger partial charge in [0, 0.05) is 13.2 Å². The van der Waals surface area contributed by atoms with Crippen LogP contribution in [0, 0.1) is 0 Å². The fourth-order valence-electron chi connectivity index (χ4n) is 0.164. The second-order valence-corrected chi connectivity index (χ2v) is 1.13. The molecule has 0 saturated carbocycles. The van der Waals surface area contributed by atoms with E-state index in [9.17, 15) is 4.79 Å². The van der Waals surface area contributed by atoms with Gasteiger partial charge in [-0.2, -0.15) is 4.89 Å². The van der Waals surface area contributed by atoms with Crippen molar-refractivity contribution in [3.05, 3.63) is 12.7 Å². The Balaban J connectivity index is 3.07. The maximum Gasteiger partial charge on any atom is 0.365 e. The summed E-state index contributed by atoms with van der Waals surface area (Å²) in [6, 6.07) is 0. The average molecular weight is 132 g/mol. The van der Waals surface area contributed by atoms with Crippen LogP contribution >= 0.6 is 0 Å². The van der Waals surface area contributed by atoms with Gasteiger partial charge in [0.15, 0.2) is 6.79 Å². The smallest absolute Gasteiger partial charge is 0.355 e. The van der Waals surface area contributed by atoms with Gasteiger partial charge in [0.25, 0.3) is 0 Å². The Morgan fingerprint density at radius 1 is 1.78 bits per heavy atom. The molecule has 4 heteroatoms. The lowest BCUT2D eigenvalue weighted by Gasteiger charge is -1.96. The molecule has 0 atom stereocenters. The lowest BCUT2D eigenvalue weighted by Crippen LogP contribution is -2.03. The molecule has 0 rings (SSSR count). The van der Waals surface area contributed by atoms with Gasteiger partial charge in [0.2, 0.25) is 0 Å². The first-order valence-corrected chi connectivity index (χ1v) is 2.26. The second kappa shape index (κ2) is 5.27. The zero-order valence-electron chi connectivity index (χ0n) is 5.12. The van der Waals surface area contributed by atoms with Crippen molar-refractivity contribution in [2.24, 2.45) is 0 Å². The highest BCUT2D eigenvalue weighted by Crippen LogP contribution is 1.80. The summed E-state index contributed by atoms with van der Waals surface area (Å²) < 4.78 is 4.40. The topological polar surface area (TPSA) is 44.8 Å². The molecule has 0 N–H and O–H groups in total. The van der Waals surface area contributed by atoms with E-state index in [0.29, 0.717) is 0 Å². The Bertz CT molecular complexity index is 99.1. The molecule has 0 fully saturated rings. The van der Waals surface area contributed by atoms with Crippen molar-refractivity contribution in [1.29, 1.82) is 0 Å². The van der Waals surface area contributed by atoms with Crippen LogP contribution in [-0.2, 0) is 19.3 Å². The molecule has 0 amide bonds. The second-order valence-electron chi connectivity index (χ2n) is 1.13. The third kappa shape index (κ3) is 4.99. The summed E-state index contributed by atoms with van der Waals surface area (Å²) in [7, 11) is 1.42. The van der Waals surface area contributed by atoms with Crippen LogP contribution in [0.25, 0.3) is 0 Å². The van der Waals surface area contributed by atoms with E-state index in [1.807, 2.05) is 0 Å². The minimum Gasteiger partial charge on any atom is -0.355 e. The van der Waals surface area contributed by atoms with Crippen LogP contribution in [0.5, 0.6) is 0 Å². The first kappa shape index (κ1) is 8.13. The first-order chi connectivity index (χ1) is 4.31. The summed E-state index contributed by atoms with van der Waals surface area (Å²) in [6.07, 6.45) is 0.996. The van der Waals surface area contributed by atoms with Crippen LogP contribution in [-0.4, -0.2) is 19.9 Å². The molecule has 4 nitrogen and oxygen atoms in total. The molecular formula is C5H8O4. The van der Waals surface area contributed by atoms with Crippen molar-refractivity contribution in [1.82, 2.24) is 0 Å². The van der Waals surface area contributed by atoms with E-state index < -0.39 is 5.97 Å². The van der Waals surface area contributed by atoms with Gasteiger partial charge in [-0.15, -0.1) is 0 Å². The number of hydrogen-bond acceptors (Lipinski definition) is 4. The normalized spacial score (nSPS) is 8.56. The molecule has 0 aliphatic rings. The summed E-state index contributed by atoms with van der Waals surface area (Å²) in [6.45, 7) is 3.07. The summed E-state index contributed by atoms with van der Waals surface area (Å²) in [4.78, 5) is 18.4. The molecule has 0 aliphatic heterocycles. The van der Waals surface area contributed by atoms with Gasteiger partial charge in [-0.3, -0.25) is 4.89 Å². The van der Waals surface area contributed by atoms with Crippen LogP contribution in [0.4, 0.5) is 0 Å². The Kier molecular flexibility index (Phi) is 4.76. The SMILES string of the molecule is C=CC(=O)OOCOC. The zero-order chi connectivity index (χ0) is 7.11. The highest BCUT2D eigenvalue weighted by molar-refractivity contribution is 5.80. The molecule has 0 aromatic rings. The predicted octanol–water partition coefficient (Wildman–Crippen LogP) is 0.251. The molecule has 0 aliphatic carbocycles. The number of carbonyl (C=O) groups excluding carboxylic acids is 1. The van der Waals surface area contributed by atoms with Crippen LogP contribution < -0.4 is 0 Å². The number of carbonyl (C=O) groups is 1. The van der Waals surface area contributed by atoms with Crippen molar-refractivity contribution in [3.8, 4) is 0 Å². The fraction of sp³-hybridized carbons (Fsp3) is 0.400. The summed E-state index contributed by atoms with van der Waals surface area (Å²) in [5, 5.41) is 0. The van der Waals surface area contributed by atoms with Crippen LogP contribution in [0.3, 0.4) is 0 Å². The van der Waals surface area contributed by atoms with E-state index in [1.54, 1.807) is 0 Å². The first-order valence-electron chi connectivity index (χ1n) is 2.26. The van der Waals surface area contributed by atoms with Gasteiger partial charge >= 0.3 is 5.97 Å². The van der Waals surface area contributed by atoms with Gasteiger partial charge in [-0.05, 0) is 0 Å². The monoisotopic (exact) mass is 132 g/mol. The van der Waals surface area contributed by atoms with Crippen molar-refractivity contribution >= 4 is 5.97 Å². The van der Waals surface area contributed by atoms with Crippen molar-refractivity contribution in [3.63, 3.8) is 0 Å². The number of ether oxygens (including phenoxy) is 1. The quantitative estimate of drug-likeness (QED) is 0.181. The van der Waals surface area contributed by atoms with Crippen molar-refractivity contribution in [2.45, 2.75) is 0 Å². The third-order valence-electron chi connectivity index (χ3n) is 0.474. The molecule has 0 radical (unpaired) electrons. The number of rotatable bonds is 4. The van der Waals surface area contributed by atoms with Gasteiger partial charge in [-0.25, -0.2) is 4.79 Å². The summed E-state index contributed by atoms with van der Waals surface area (Å²) in [5.74, 6) is -0.632. The highest BCUT2D eigenvalue weighted by Gasteiger charge is 1.93. The lowest BCUT2D eigenvalue weighted by atomic mass is 10.7. The van der Waals surface area contributed by atoms with E-state index in [0.717, 1.165) is 6.08 Å². The number of hydrogen-bond donors (Lipinski definition) is 0. The van der Waals surface area contributed by atoms with Gasteiger partial charge < -0.3 is 4.74 Å². The molecule has 0 aromatic carbocycles. The van der Waals surface area contributed by atoms with Crippen molar-refractivity contribution < 1.29 is 19.3 Å². The molecule has 9 heavy (non-hydrogen) atoms.